The minimum Gasteiger partial charge on any atom is -0.371 e. The largest absolute Gasteiger partial charge is 0.371 e. The number of piperidine rings is 1. The Labute approximate surface area is 147 Å². The van der Waals surface area contributed by atoms with Crippen LogP contribution in [0.5, 0.6) is 0 Å². The molecule has 2 aliphatic heterocycles. The van der Waals surface area contributed by atoms with Crippen LogP contribution in [0.15, 0.2) is 22.7 Å². The number of piperazine rings is 1. The number of ketones is 1. The first-order valence-electron chi connectivity index (χ1n) is 8.52. The molecule has 126 valence electrons. The van der Waals surface area contributed by atoms with E-state index in [1.165, 1.54) is 39.0 Å². The third-order valence-corrected chi connectivity index (χ3v) is 5.69. The normalized spacial score (nSPS) is 21.6. The number of halogens is 1. The van der Waals surface area contributed by atoms with Crippen LogP contribution in [-0.2, 0) is 0 Å². The second-order valence-electron chi connectivity index (χ2n) is 6.78. The van der Waals surface area contributed by atoms with Crippen LogP contribution in [0.2, 0.25) is 0 Å². The summed E-state index contributed by atoms with van der Waals surface area (Å²) in [6, 6.07) is 6.77. The summed E-state index contributed by atoms with van der Waals surface area (Å²) in [5.41, 5.74) is 1.93. The minimum atomic E-state index is 0.141. The van der Waals surface area contributed by atoms with E-state index in [0.29, 0.717) is 6.04 Å². The molecule has 0 saturated carbocycles. The van der Waals surface area contributed by atoms with Crippen molar-refractivity contribution in [2.75, 3.05) is 51.2 Å². The fourth-order valence-electron chi connectivity index (χ4n) is 3.72. The molecule has 0 spiro atoms. The highest BCUT2D eigenvalue weighted by Crippen LogP contribution is 2.29. The molecule has 23 heavy (non-hydrogen) atoms. The van der Waals surface area contributed by atoms with Gasteiger partial charge in [-0.1, -0.05) is 15.9 Å². The van der Waals surface area contributed by atoms with Gasteiger partial charge in [-0.15, -0.1) is 0 Å². The summed E-state index contributed by atoms with van der Waals surface area (Å²) in [7, 11) is 2.21. The topological polar surface area (TPSA) is 26.8 Å². The molecule has 0 atom stereocenters. The predicted molar refractivity (Wildman–Crippen MR) is 98.5 cm³/mol. The Morgan fingerprint density at radius 2 is 1.74 bits per heavy atom. The molecule has 0 amide bonds. The van der Waals surface area contributed by atoms with E-state index in [2.05, 4.69) is 43.7 Å². The second kappa shape index (κ2) is 7.32. The predicted octanol–water partition coefficient (Wildman–Crippen LogP) is 2.87. The molecule has 0 aliphatic carbocycles. The van der Waals surface area contributed by atoms with Gasteiger partial charge in [0.2, 0.25) is 0 Å². The molecule has 0 aromatic heterocycles. The molecule has 2 heterocycles. The van der Waals surface area contributed by atoms with Gasteiger partial charge < -0.3 is 9.80 Å². The molecule has 0 N–H and O–H groups in total. The van der Waals surface area contributed by atoms with E-state index in [-0.39, 0.29) is 5.78 Å². The van der Waals surface area contributed by atoms with Crippen LogP contribution in [-0.4, -0.2) is 67.9 Å². The maximum Gasteiger partial charge on any atom is 0.161 e. The molecule has 0 radical (unpaired) electrons. The van der Waals surface area contributed by atoms with Crippen molar-refractivity contribution in [3.8, 4) is 0 Å². The number of carbonyl (C=O) groups is 1. The average Bonchev–Trinajstić information content (AvgIpc) is 2.56. The average molecular weight is 380 g/mol. The highest BCUT2D eigenvalue weighted by Gasteiger charge is 2.27. The fourth-order valence-corrected chi connectivity index (χ4v) is 4.09. The zero-order valence-corrected chi connectivity index (χ0v) is 15.7. The lowest BCUT2D eigenvalue weighted by atomic mass is 10.00. The van der Waals surface area contributed by atoms with Crippen LogP contribution in [0.1, 0.15) is 30.1 Å². The zero-order chi connectivity index (χ0) is 16.4. The number of benzene rings is 1. The molecule has 1 aromatic carbocycles. The first-order chi connectivity index (χ1) is 11.0. The van der Waals surface area contributed by atoms with Gasteiger partial charge in [-0.05, 0) is 45.0 Å². The van der Waals surface area contributed by atoms with Gasteiger partial charge in [-0.3, -0.25) is 9.69 Å². The summed E-state index contributed by atoms with van der Waals surface area (Å²) in [4.78, 5) is 19.4. The molecule has 1 aromatic rings. The summed E-state index contributed by atoms with van der Waals surface area (Å²) < 4.78 is 0.971. The van der Waals surface area contributed by atoms with Crippen molar-refractivity contribution in [1.29, 1.82) is 0 Å². The maximum absolute atomic E-state index is 11.9. The number of likely N-dealkylation sites (N-methyl/N-ethyl adjacent to an activating group) is 1. The van der Waals surface area contributed by atoms with E-state index < -0.39 is 0 Å². The van der Waals surface area contributed by atoms with E-state index in [0.717, 1.165) is 28.8 Å². The van der Waals surface area contributed by atoms with Crippen LogP contribution in [0.3, 0.4) is 0 Å². The molecular weight excluding hydrogens is 354 g/mol. The third-order valence-electron chi connectivity index (χ3n) is 5.20. The summed E-state index contributed by atoms with van der Waals surface area (Å²) in [6.07, 6.45) is 2.38. The fraction of sp³-hybridized carbons (Fsp3) is 0.611. The van der Waals surface area contributed by atoms with Gasteiger partial charge in [0.15, 0.2) is 5.78 Å². The summed E-state index contributed by atoms with van der Waals surface area (Å²) in [5.74, 6) is 0.141. The van der Waals surface area contributed by atoms with Gasteiger partial charge in [-0.2, -0.15) is 0 Å². The van der Waals surface area contributed by atoms with E-state index in [9.17, 15) is 4.79 Å². The molecule has 4 nitrogen and oxygen atoms in total. The van der Waals surface area contributed by atoms with E-state index in [1.54, 1.807) is 6.92 Å². The summed E-state index contributed by atoms with van der Waals surface area (Å²) in [5, 5.41) is 0. The molecule has 0 unspecified atom stereocenters. The Bertz CT molecular complexity index is 561. The van der Waals surface area contributed by atoms with Crippen LogP contribution in [0.4, 0.5) is 5.69 Å². The lowest BCUT2D eigenvalue weighted by molar-refractivity contribution is 0.0979. The Balaban J connectivity index is 1.64. The number of anilines is 1. The Morgan fingerprint density at radius 3 is 2.35 bits per heavy atom. The Hall–Kier alpha value is -0.910. The third kappa shape index (κ3) is 3.95. The van der Waals surface area contributed by atoms with Crippen molar-refractivity contribution in [1.82, 2.24) is 9.80 Å². The first kappa shape index (κ1) is 16.9. The number of nitrogens with zero attached hydrogens (tertiary/aromatic N) is 3. The van der Waals surface area contributed by atoms with Gasteiger partial charge in [0.1, 0.15) is 0 Å². The van der Waals surface area contributed by atoms with Crippen molar-refractivity contribution in [3.05, 3.63) is 28.2 Å². The lowest BCUT2D eigenvalue weighted by Crippen LogP contribution is -2.52. The highest BCUT2D eigenvalue weighted by atomic mass is 79.9. The van der Waals surface area contributed by atoms with Gasteiger partial charge in [0.05, 0.1) is 0 Å². The number of hydrogen-bond donors (Lipinski definition) is 0. The van der Waals surface area contributed by atoms with Crippen LogP contribution in [0.25, 0.3) is 0 Å². The minimum absolute atomic E-state index is 0.141. The number of hydrogen-bond acceptors (Lipinski definition) is 4. The van der Waals surface area contributed by atoms with E-state index >= 15 is 0 Å². The molecule has 2 fully saturated rings. The molecular formula is C18H26BrN3O. The van der Waals surface area contributed by atoms with Gasteiger partial charge >= 0.3 is 0 Å². The quantitative estimate of drug-likeness (QED) is 0.754. The standard InChI is InChI=1S/C18H26BrN3O/c1-14(23)17-13-15(19)3-4-18(17)22-7-5-16(6-8-22)21-11-9-20(2)10-12-21/h3-4,13,16H,5-12H2,1-2H3. The van der Waals surface area contributed by atoms with Crippen molar-refractivity contribution < 1.29 is 4.79 Å². The SMILES string of the molecule is CC(=O)c1cc(Br)ccc1N1CCC(N2CCN(C)CC2)CC1. The summed E-state index contributed by atoms with van der Waals surface area (Å²) in [6.45, 7) is 8.49. The van der Waals surface area contributed by atoms with Crippen molar-refractivity contribution >= 4 is 27.4 Å². The van der Waals surface area contributed by atoms with Gasteiger partial charge in [-0.25, -0.2) is 0 Å². The van der Waals surface area contributed by atoms with Crippen molar-refractivity contribution in [2.24, 2.45) is 0 Å². The number of carbonyl (C=O) groups excluding carboxylic acids is 1. The van der Waals surface area contributed by atoms with Crippen molar-refractivity contribution in [3.63, 3.8) is 0 Å². The van der Waals surface area contributed by atoms with Gasteiger partial charge in [0, 0.05) is 61.0 Å². The number of rotatable bonds is 3. The first-order valence-corrected chi connectivity index (χ1v) is 9.32. The molecule has 3 rings (SSSR count). The maximum atomic E-state index is 11.9. The Kier molecular flexibility index (Phi) is 5.39. The van der Waals surface area contributed by atoms with E-state index in [1.807, 2.05) is 12.1 Å². The van der Waals surface area contributed by atoms with Crippen LogP contribution < -0.4 is 4.90 Å². The zero-order valence-electron chi connectivity index (χ0n) is 14.1. The molecule has 2 saturated heterocycles. The highest BCUT2D eigenvalue weighted by molar-refractivity contribution is 9.10. The van der Waals surface area contributed by atoms with E-state index in [4.69, 9.17) is 0 Å². The summed E-state index contributed by atoms with van der Waals surface area (Å²) >= 11 is 3.47. The smallest absolute Gasteiger partial charge is 0.161 e. The van der Waals surface area contributed by atoms with Crippen LogP contribution >= 0.6 is 15.9 Å². The monoisotopic (exact) mass is 379 g/mol. The molecule has 0 bridgehead atoms. The Morgan fingerprint density at radius 1 is 1.09 bits per heavy atom. The molecule has 2 aliphatic rings. The molecule has 5 heteroatoms. The second-order valence-corrected chi connectivity index (χ2v) is 7.69. The lowest BCUT2D eigenvalue weighted by Gasteiger charge is -2.42. The van der Waals surface area contributed by atoms with Gasteiger partial charge in [0.25, 0.3) is 0 Å². The van der Waals surface area contributed by atoms with Crippen molar-refractivity contribution in [2.45, 2.75) is 25.8 Å². The van der Waals surface area contributed by atoms with Crippen LogP contribution in [0, 0.1) is 0 Å². The number of Topliss-reactive ketones (excluding diaryl/α,β-unsaturated/α-hetero) is 1.